The Morgan fingerprint density at radius 1 is 1.50 bits per heavy atom. The molecule has 4 heteroatoms. The molecular formula is C4H10N2O2. The van der Waals surface area contributed by atoms with Crippen molar-refractivity contribution in [1.29, 1.82) is 5.53 Å². The van der Waals surface area contributed by atoms with E-state index in [-0.39, 0.29) is 6.73 Å². The Bertz CT molecular complexity index is 58.0. The summed E-state index contributed by atoms with van der Waals surface area (Å²) in [6.45, 7) is 1.22. The van der Waals surface area contributed by atoms with Gasteiger partial charge in [0.15, 0.2) is 6.73 Å². The fraction of sp³-hybridized carbons (Fsp3) is 1.00. The number of nitrogens with one attached hydrogen (secondary N) is 1. The number of rotatable bonds is 5. The third-order valence-electron chi connectivity index (χ3n) is 0.588. The maximum absolute atomic E-state index is 6.30. The van der Waals surface area contributed by atoms with Gasteiger partial charge < -0.3 is 9.47 Å². The molecule has 0 heterocycles. The lowest BCUT2D eigenvalue weighted by Crippen LogP contribution is -2.00. The third-order valence-corrected chi connectivity index (χ3v) is 0.588. The molecule has 0 amide bonds. The molecule has 0 fully saturated rings. The second-order valence-electron chi connectivity index (χ2n) is 1.19. The van der Waals surface area contributed by atoms with E-state index in [1.54, 1.807) is 7.11 Å². The molecule has 0 unspecified atom stereocenters. The highest BCUT2D eigenvalue weighted by Crippen LogP contribution is 1.74. The van der Waals surface area contributed by atoms with Crippen LogP contribution in [0.5, 0.6) is 0 Å². The molecule has 0 aromatic rings. The molecule has 0 bridgehead atoms. The third kappa shape index (κ3) is 5.52. The molecule has 0 saturated carbocycles. The summed E-state index contributed by atoms with van der Waals surface area (Å²) in [7, 11) is 1.60. The quantitative estimate of drug-likeness (QED) is 0.425. The number of hydrogen-bond acceptors (Lipinski definition) is 4. The van der Waals surface area contributed by atoms with Crippen LogP contribution in [0.2, 0.25) is 0 Å². The zero-order chi connectivity index (χ0) is 6.24. The maximum Gasteiger partial charge on any atom is 0.157 e. The predicted octanol–water partition coefficient (Wildman–Crippen LogP) is 0.638. The summed E-state index contributed by atoms with van der Waals surface area (Å²) in [6, 6.07) is 0. The van der Waals surface area contributed by atoms with Crippen LogP contribution in [0.25, 0.3) is 0 Å². The van der Waals surface area contributed by atoms with E-state index in [2.05, 4.69) is 9.85 Å². The van der Waals surface area contributed by atoms with Gasteiger partial charge in [0.25, 0.3) is 0 Å². The van der Waals surface area contributed by atoms with Gasteiger partial charge in [0.1, 0.15) is 0 Å². The number of ether oxygens (including phenoxy) is 2. The summed E-state index contributed by atoms with van der Waals surface area (Å²) in [5, 5.41) is 2.98. The van der Waals surface area contributed by atoms with Gasteiger partial charge in [0.2, 0.25) is 0 Å². The van der Waals surface area contributed by atoms with Crippen molar-refractivity contribution in [3.05, 3.63) is 0 Å². The first-order valence-corrected chi connectivity index (χ1v) is 2.31. The van der Waals surface area contributed by atoms with Crippen LogP contribution >= 0.6 is 0 Å². The van der Waals surface area contributed by atoms with Crippen LogP contribution in [-0.4, -0.2) is 27.1 Å². The van der Waals surface area contributed by atoms with Crippen LogP contribution in [-0.2, 0) is 9.47 Å². The van der Waals surface area contributed by atoms with Gasteiger partial charge >= 0.3 is 0 Å². The van der Waals surface area contributed by atoms with E-state index in [0.29, 0.717) is 13.2 Å². The summed E-state index contributed by atoms with van der Waals surface area (Å²) >= 11 is 0. The SMILES string of the molecule is COCCOCN=N. The number of nitrogens with zero attached hydrogens (tertiary/aromatic N) is 1. The van der Waals surface area contributed by atoms with E-state index >= 15 is 0 Å². The van der Waals surface area contributed by atoms with Crippen LogP contribution in [0, 0.1) is 5.53 Å². The fourth-order valence-corrected chi connectivity index (χ4v) is 0.252. The first-order chi connectivity index (χ1) is 3.91. The minimum atomic E-state index is 0.142. The highest BCUT2D eigenvalue weighted by Gasteiger charge is 1.80. The average Bonchev–Trinajstić information content (AvgIpc) is 1.81. The number of hydrogen-bond donors (Lipinski definition) is 1. The molecule has 0 aliphatic carbocycles. The van der Waals surface area contributed by atoms with Crippen molar-refractivity contribution in [3.8, 4) is 0 Å². The van der Waals surface area contributed by atoms with Gasteiger partial charge in [0, 0.05) is 7.11 Å². The fourth-order valence-electron chi connectivity index (χ4n) is 0.252. The van der Waals surface area contributed by atoms with Crippen molar-refractivity contribution in [2.45, 2.75) is 0 Å². The Balaban J connectivity index is 2.62. The van der Waals surface area contributed by atoms with Crippen LogP contribution in [0.1, 0.15) is 0 Å². The minimum Gasteiger partial charge on any atom is -0.382 e. The Labute approximate surface area is 48.3 Å². The molecule has 0 aromatic heterocycles. The van der Waals surface area contributed by atoms with E-state index in [4.69, 9.17) is 10.3 Å². The molecule has 0 atom stereocenters. The Morgan fingerprint density at radius 2 is 2.25 bits per heavy atom. The van der Waals surface area contributed by atoms with Gasteiger partial charge in [0.05, 0.1) is 13.2 Å². The lowest BCUT2D eigenvalue weighted by molar-refractivity contribution is 0.0718. The van der Waals surface area contributed by atoms with Crippen LogP contribution < -0.4 is 0 Å². The predicted molar refractivity (Wildman–Crippen MR) is 27.8 cm³/mol. The molecular weight excluding hydrogens is 108 g/mol. The van der Waals surface area contributed by atoms with Crippen molar-refractivity contribution in [2.75, 3.05) is 27.1 Å². The largest absolute Gasteiger partial charge is 0.382 e. The van der Waals surface area contributed by atoms with Crippen molar-refractivity contribution >= 4 is 0 Å². The lowest BCUT2D eigenvalue weighted by Gasteiger charge is -1.95. The molecule has 1 N–H and O–H groups in total. The van der Waals surface area contributed by atoms with E-state index < -0.39 is 0 Å². The molecule has 0 aliphatic heterocycles. The van der Waals surface area contributed by atoms with Crippen molar-refractivity contribution in [1.82, 2.24) is 0 Å². The summed E-state index contributed by atoms with van der Waals surface area (Å²) in [5.74, 6) is 0. The highest BCUT2D eigenvalue weighted by atomic mass is 16.5. The zero-order valence-corrected chi connectivity index (χ0v) is 4.89. The molecule has 48 valence electrons. The zero-order valence-electron chi connectivity index (χ0n) is 4.89. The topological polar surface area (TPSA) is 54.7 Å². The maximum atomic E-state index is 6.30. The lowest BCUT2D eigenvalue weighted by atomic mass is 10.8. The smallest absolute Gasteiger partial charge is 0.157 e. The first kappa shape index (κ1) is 7.52. The molecule has 0 radical (unpaired) electrons. The minimum absolute atomic E-state index is 0.142. The van der Waals surface area contributed by atoms with Gasteiger partial charge in [-0.15, -0.1) is 0 Å². The highest BCUT2D eigenvalue weighted by molar-refractivity contribution is 4.22. The Hall–Kier alpha value is -0.480. The van der Waals surface area contributed by atoms with Gasteiger partial charge in [-0.1, -0.05) is 0 Å². The van der Waals surface area contributed by atoms with Crippen LogP contribution in [0.15, 0.2) is 5.11 Å². The molecule has 0 spiro atoms. The van der Waals surface area contributed by atoms with Crippen LogP contribution in [0.3, 0.4) is 0 Å². The average molecular weight is 118 g/mol. The van der Waals surface area contributed by atoms with Crippen molar-refractivity contribution in [3.63, 3.8) is 0 Å². The monoisotopic (exact) mass is 118 g/mol. The normalized spacial score (nSPS) is 9.12. The molecule has 4 nitrogen and oxygen atoms in total. The van der Waals surface area contributed by atoms with E-state index in [1.165, 1.54) is 0 Å². The number of methoxy groups -OCH3 is 1. The van der Waals surface area contributed by atoms with Gasteiger partial charge in [-0.3, -0.25) is 0 Å². The first-order valence-electron chi connectivity index (χ1n) is 2.31. The summed E-state index contributed by atoms with van der Waals surface area (Å²) < 4.78 is 9.40. The van der Waals surface area contributed by atoms with Crippen molar-refractivity contribution < 1.29 is 9.47 Å². The Kier molecular flexibility index (Phi) is 6.13. The van der Waals surface area contributed by atoms with Gasteiger partial charge in [-0.05, 0) is 0 Å². The standard InChI is InChI=1S/C4H10N2O2/c1-7-2-3-8-4-6-5/h5H,2-4H2,1H3. The van der Waals surface area contributed by atoms with Gasteiger partial charge in [-0.2, -0.15) is 5.11 Å². The Morgan fingerprint density at radius 3 is 2.75 bits per heavy atom. The van der Waals surface area contributed by atoms with E-state index in [9.17, 15) is 0 Å². The van der Waals surface area contributed by atoms with Gasteiger partial charge in [-0.25, -0.2) is 5.53 Å². The van der Waals surface area contributed by atoms with E-state index in [0.717, 1.165) is 0 Å². The summed E-state index contributed by atoms with van der Waals surface area (Å²) in [6.07, 6.45) is 0. The molecule has 8 heavy (non-hydrogen) atoms. The summed E-state index contributed by atoms with van der Waals surface area (Å²) in [5.41, 5.74) is 6.30. The summed E-state index contributed by atoms with van der Waals surface area (Å²) in [4.78, 5) is 0. The molecule has 0 saturated heterocycles. The second kappa shape index (κ2) is 6.52. The van der Waals surface area contributed by atoms with Crippen LogP contribution in [0.4, 0.5) is 0 Å². The second-order valence-corrected chi connectivity index (χ2v) is 1.19. The molecule has 0 rings (SSSR count). The molecule has 0 aliphatic rings. The molecule has 0 aromatic carbocycles. The van der Waals surface area contributed by atoms with E-state index in [1.807, 2.05) is 0 Å². The van der Waals surface area contributed by atoms with Crippen molar-refractivity contribution in [2.24, 2.45) is 5.11 Å².